The zero-order valence-corrected chi connectivity index (χ0v) is 16.1. The maximum absolute atomic E-state index is 12.6. The van der Waals surface area contributed by atoms with Gasteiger partial charge in [-0.2, -0.15) is 4.98 Å². The molecule has 2 saturated heterocycles. The van der Waals surface area contributed by atoms with Crippen molar-refractivity contribution in [2.75, 3.05) is 50.7 Å². The van der Waals surface area contributed by atoms with Gasteiger partial charge in [-0.25, -0.2) is 0 Å². The summed E-state index contributed by atoms with van der Waals surface area (Å²) in [6.07, 6.45) is 1.59. The molecule has 2 aliphatic heterocycles. The maximum atomic E-state index is 12.6. The maximum Gasteiger partial charge on any atom is 0.238 e. The Kier molecular flexibility index (Phi) is 4.77. The van der Waals surface area contributed by atoms with Crippen molar-refractivity contribution in [3.8, 4) is 11.6 Å². The Morgan fingerprint density at radius 3 is 2.55 bits per heavy atom. The fourth-order valence-electron chi connectivity index (χ4n) is 3.91. The van der Waals surface area contributed by atoms with E-state index >= 15 is 0 Å². The molecule has 150 valence electrons. The van der Waals surface area contributed by atoms with Crippen LogP contribution in [0.3, 0.4) is 0 Å². The van der Waals surface area contributed by atoms with Crippen molar-refractivity contribution in [1.29, 1.82) is 0 Å². The summed E-state index contributed by atoms with van der Waals surface area (Å²) in [5.74, 6) is 2.04. The van der Waals surface area contributed by atoms with E-state index in [1.54, 1.807) is 18.4 Å². The number of amides is 1. The minimum Gasteiger partial charge on any atom is -0.461 e. The Morgan fingerprint density at radius 2 is 1.83 bits per heavy atom. The molecule has 2 aromatic heterocycles. The SMILES string of the molecule is O=C(CN1CC(c2nc(-c3ccco3)no2)C1)N1CCN(c2ccccc2)CC1. The van der Waals surface area contributed by atoms with E-state index in [1.807, 2.05) is 23.1 Å². The third kappa shape index (κ3) is 3.75. The minimum atomic E-state index is 0.175. The van der Waals surface area contributed by atoms with Crippen molar-refractivity contribution < 1.29 is 13.7 Å². The summed E-state index contributed by atoms with van der Waals surface area (Å²) in [5, 5.41) is 3.97. The van der Waals surface area contributed by atoms with Crippen LogP contribution in [0.2, 0.25) is 0 Å². The largest absolute Gasteiger partial charge is 0.461 e. The molecule has 0 saturated carbocycles. The zero-order chi connectivity index (χ0) is 19.6. The van der Waals surface area contributed by atoms with Crippen molar-refractivity contribution in [2.45, 2.75) is 5.92 Å². The average Bonchev–Trinajstić information content (AvgIpc) is 3.43. The fourth-order valence-corrected chi connectivity index (χ4v) is 3.91. The smallest absolute Gasteiger partial charge is 0.238 e. The molecule has 0 radical (unpaired) electrons. The lowest BCUT2D eigenvalue weighted by atomic mass is 10.0. The second kappa shape index (κ2) is 7.71. The number of hydrogen-bond donors (Lipinski definition) is 0. The van der Waals surface area contributed by atoms with Crippen LogP contribution in [-0.2, 0) is 4.79 Å². The van der Waals surface area contributed by atoms with Gasteiger partial charge in [-0.3, -0.25) is 9.69 Å². The molecule has 0 aliphatic carbocycles. The van der Waals surface area contributed by atoms with Crippen LogP contribution in [0.4, 0.5) is 5.69 Å². The van der Waals surface area contributed by atoms with Crippen molar-refractivity contribution >= 4 is 11.6 Å². The average molecular weight is 393 g/mol. The van der Waals surface area contributed by atoms with Crippen LogP contribution in [0.15, 0.2) is 57.7 Å². The normalized spacial score (nSPS) is 18.1. The van der Waals surface area contributed by atoms with Gasteiger partial charge in [0, 0.05) is 45.0 Å². The summed E-state index contributed by atoms with van der Waals surface area (Å²) in [6.45, 7) is 5.24. The summed E-state index contributed by atoms with van der Waals surface area (Å²) in [6, 6.07) is 14.0. The number of rotatable bonds is 5. The van der Waals surface area contributed by atoms with E-state index in [9.17, 15) is 4.79 Å². The highest BCUT2D eigenvalue weighted by molar-refractivity contribution is 5.78. The number of carbonyl (C=O) groups is 1. The van der Waals surface area contributed by atoms with Crippen LogP contribution in [0, 0.1) is 0 Å². The van der Waals surface area contributed by atoms with E-state index in [4.69, 9.17) is 8.94 Å². The first-order valence-corrected chi connectivity index (χ1v) is 9.94. The van der Waals surface area contributed by atoms with E-state index in [0.717, 1.165) is 39.3 Å². The molecule has 0 unspecified atom stereocenters. The second-order valence-corrected chi connectivity index (χ2v) is 7.53. The highest BCUT2D eigenvalue weighted by atomic mass is 16.5. The van der Waals surface area contributed by atoms with Crippen LogP contribution in [-0.4, -0.2) is 71.7 Å². The van der Waals surface area contributed by atoms with E-state index in [2.05, 4.69) is 32.1 Å². The molecule has 8 nitrogen and oxygen atoms in total. The van der Waals surface area contributed by atoms with E-state index in [0.29, 0.717) is 24.0 Å². The van der Waals surface area contributed by atoms with Crippen LogP contribution < -0.4 is 4.90 Å². The van der Waals surface area contributed by atoms with Gasteiger partial charge in [-0.05, 0) is 24.3 Å². The first kappa shape index (κ1) is 17.9. The third-order valence-corrected chi connectivity index (χ3v) is 5.60. The first-order chi connectivity index (χ1) is 14.3. The number of piperazine rings is 1. The van der Waals surface area contributed by atoms with Crippen LogP contribution >= 0.6 is 0 Å². The molecule has 0 atom stereocenters. The van der Waals surface area contributed by atoms with E-state index in [1.165, 1.54) is 5.69 Å². The van der Waals surface area contributed by atoms with Crippen molar-refractivity contribution in [3.63, 3.8) is 0 Å². The number of likely N-dealkylation sites (tertiary alicyclic amines) is 1. The Labute approximate surface area is 168 Å². The lowest BCUT2D eigenvalue weighted by Gasteiger charge is -2.40. The van der Waals surface area contributed by atoms with Crippen molar-refractivity contribution in [3.05, 3.63) is 54.6 Å². The highest BCUT2D eigenvalue weighted by Crippen LogP contribution is 2.27. The van der Waals surface area contributed by atoms with Crippen molar-refractivity contribution in [1.82, 2.24) is 19.9 Å². The number of benzene rings is 1. The number of carbonyl (C=O) groups excluding carboxylic acids is 1. The molecule has 0 spiro atoms. The summed E-state index contributed by atoms with van der Waals surface area (Å²) in [7, 11) is 0. The molecule has 4 heterocycles. The molecule has 0 N–H and O–H groups in total. The Morgan fingerprint density at radius 1 is 1.03 bits per heavy atom. The number of nitrogens with zero attached hydrogens (tertiary/aromatic N) is 5. The third-order valence-electron chi connectivity index (χ3n) is 5.60. The molecule has 5 rings (SSSR count). The number of anilines is 1. The van der Waals surface area contributed by atoms with Gasteiger partial charge in [0.15, 0.2) is 5.76 Å². The number of furan rings is 1. The van der Waals surface area contributed by atoms with Gasteiger partial charge in [-0.1, -0.05) is 23.4 Å². The van der Waals surface area contributed by atoms with Crippen LogP contribution in [0.25, 0.3) is 11.6 Å². The second-order valence-electron chi connectivity index (χ2n) is 7.53. The van der Waals surface area contributed by atoms with E-state index < -0.39 is 0 Å². The molecule has 3 aromatic rings. The van der Waals surface area contributed by atoms with E-state index in [-0.39, 0.29) is 11.8 Å². The van der Waals surface area contributed by atoms with Gasteiger partial charge in [0.2, 0.25) is 17.6 Å². The molecule has 2 fully saturated rings. The molecule has 1 aromatic carbocycles. The summed E-state index contributed by atoms with van der Waals surface area (Å²) in [4.78, 5) is 23.5. The lowest BCUT2D eigenvalue weighted by molar-refractivity contribution is -0.134. The Bertz CT molecular complexity index is 942. The summed E-state index contributed by atoms with van der Waals surface area (Å²) >= 11 is 0. The molecular formula is C21H23N5O3. The van der Waals surface area contributed by atoms with Gasteiger partial charge in [0.25, 0.3) is 0 Å². The van der Waals surface area contributed by atoms with Crippen LogP contribution in [0.1, 0.15) is 11.8 Å². The van der Waals surface area contributed by atoms with Gasteiger partial charge in [-0.15, -0.1) is 0 Å². The highest BCUT2D eigenvalue weighted by Gasteiger charge is 2.35. The zero-order valence-electron chi connectivity index (χ0n) is 16.1. The van der Waals surface area contributed by atoms with Gasteiger partial charge in [0.05, 0.1) is 18.7 Å². The summed E-state index contributed by atoms with van der Waals surface area (Å²) < 4.78 is 10.7. The number of hydrogen-bond acceptors (Lipinski definition) is 7. The molecule has 8 heteroatoms. The fraction of sp³-hybridized carbons (Fsp3) is 0.381. The topological polar surface area (TPSA) is 78.8 Å². The molecule has 29 heavy (non-hydrogen) atoms. The van der Waals surface area contributed by atoms with Crippen LogP contribution in [0.5, 0.6) is 0 Å². The standard InChI is InChI=1S/C21H23N5O3/c27-19(26-10-8-25(9-11-26)17-5-2-1-3-6-17)15-24-13-16(14-24)21-22-20(23-29-21)18-7-4-12-28-18/h1-7,12,16H,8-11,13-15H2. The number of aromatic nitrogens is 2. The first-order valence-electron chi connectivity index (χ1n) is 9.94. The quantitative estimate of drug-likeness (QED) is 0.657. The van der Waals surface area contributed by atoms with Gasteiger partial charge >= 0.3 is 0 Å². The van der Waals surface area contributed by atoms with Gasteiger partial charge in [0.1, 0.15) is 0 Å². The molecule has 2 aliphatic rings. The monoisotopic (exact) mass is 393 g/mol. The Hall–Kier alpha value is -3.13. The summed E-state index contributed by atoms with van der Waals surface area (Å²) in [5.41, 5.74) is 1.22. The predicted octanol–water partition coefficient (Wildman–Crippen LogP) is 2.08. The lowest BCUT2D eigenvalue weighted by Crippen LogP contribution is -2.54. The molecule has 1 amide bonds. The minimum absolute atomic E-state index is 0.175. The Balaban J connectivity index is 1.08. The van der Waals surface area contributed by atoms with Gasteiger partial charge < -0.3 is 18.7 Å². The predicted molar refractivity (Wildman–Crippen MR) is 106 cm³/mol. The number of para-hydroxylation sites is 1. The van der Waals surface area contributed by atoms with Crippen molar-refractivity contribution in [2.24, 2.45) is 0 Å². The molecular weight excluding hydrogens is 370 g/mol. The molecule has 0 bridgehead atoms.